The molecule has 1 aliphatic carbocycles. The first-order valence-electron chi connectivity index (χ1n) is 4.75. The van der Waals surface area contributed by atoms with Crippen LogP contribution in [0.15, 0.2) is 0 Å². The highest BCUT2D eigenvalue weighted by Crippen LogP contribution is 2.32. The lowest BCUT2D eigenvalue weighted by Crippen LogP contribution is -2.51. The van der Waals surface area contributed by atoms with Crippen molar-refractivity contribution in [2.24, 2.45) is 0 Å². The van der Waals surface area contributed by atoms with Crippen molar-refractivity contribution in [3.63, 3.8) is 0 Å². The molecule has 0 radical (unpaired) electrons. The van der Waals surface area contributed by atoms with Gasteiger partial charge in [-0.1, -0.05) is 6.42 Å². The molecule has 1 saturated carbocycles. The van der Waals surface area contributed by atoms with Gasteiger partial charge in [-0.2, -0.15) is 0 Å². The third-order valence-electron chi connectivity index (χ3n) is 3.16. The molecule has 2 rings (SSSR count). The summed E-state index contributed by atoms with van der Waals surface area (Å²) in [5, 5.41) is 3.11. The normalized spacial score (nSPS) is 29.2. The van der Waals surface area contributed by atoms with Gasteiger partial charge in [0.15, 0.2) is 0 Å². The lowest BCUT2D eigenvalue weighted by Gasteiger charge is -2.38. The molecule has 1 N–H and O–H groups in total. The minimum Gasteiger partial charge on any atom is -0.337 e. The number of likely N-dealkylation sites (N-methyl/N-ethyl adjacent to an activating group) is 1. The van der Waals surface area contributed by atoms with Crippen molar-refractivity contribution in [2.75, 3.05) is 13.6 Å². The summed E-state index contributed by atoms with van der Waals surface area (Å²) in [6, 6.07) is 0. The van der Waals surface area contributed by atoms with Crippen LogP contribution >= 0.6 is 0 Å². The zero-order valence-corrected chi connectivity index (χ0v) is 7.60. The summed E-state index contributed by atoms with van der Waals surface area (Å²) in [7, 11) is 2.04. The number of rotatable bonds is 0. The van der Waals surface area contributed by atoms with Crippen LogP contribution in [0, 0.1) is 0 Å². The molecule has 0 bridgehead atoms. The molecule has 1 amide bonds. The fourth-order valence-corrected chi connectivity index (χ4v) is 2.40. The highest BCUT2D eigenvalue weighted by molar-refractivity contribution is 5.81. The second-order valence-corrected chi connectivity index (χ2v) is 4.00. The van der Waals surface area contributed by atoms with Crippen molar-refractivity contribution < 1.29 is 4.79 Å². The minimum atomic E-state index is 0.0370. The van der Waals surface area contributed by atoms with Crippen LogP contribution in [0.1, 0.15) is 32.1 Å². The molecular weight excluding hydrogens is 152 g/mol. The molecular formula is C9H16N2O. The van der Waals surface area contributed by atoms with Crippen molar-refractivity contribution in [1.29, 1.82) is 0 Å². The lowest BCUT2D eigenvalue weighted by molar-refractivity contribution is -0.119. The zero-order chi connectivity index (χ0) is 8.60. The van der Waals surface area contributed by atoms with Crippen molar-refractivity contribution in [2.45, 2.75) is 37.8 Å². The van der Waals surface area contributed by atoms with Gasteiger partial charge >= 0.3 is 0 Å². The fourth-order valence-electron chi connectivity index (χ4n) is 2.40. The molecule has 0 aromatic rings. The van der Waals surface area contributed by atoms with E-state index in [0.717, 1.165) is 12.8 Å². The molecule has 0 atom stereocenters. The number of amides is 1. The van der Waals surface area contributed by atoms with Crippen LogP contribution in [-0.4, -0.2) is 30.1 Å². The highest BCUT2D eigenvalue weighted by atomic mass is 16.2. The summed E-state index contributed by atoms with van der Waals surface area (Å²) >= 11 is 0. The molecule has 1 spiro atoms. The molecule has 12 heavy (non-hydrogen) atoms. The first kappa shape index (κ1) is 8.05. The molecule has 3 heteroatoms. The molecule has 3 nitrogen and oxygen atoms in total. The average molecular weight is 168 g/mol. The maximum absolute atomic E-state index is 11.2. The monoisotopic (exact) mass is 168 g/mol. The minimum absolute atomic E-state index is 0.0370. The van der Waals surface area contributed by atoms with Crippen LogP contribution in [0.4, 0.5) is 0 Å². The van der Waals surface area contributed by atoms with E-state index in [-0.39, 0.29) is 11.6 Å². The number of carbonyl (C=O) groups is 1. The van der Waals surface area contributed by atoms with Gasteiger partial charge in [0.25, 0.3) is 0 Å². The van der Waals surface area contributed by atoms with Crippen molar-refractivity contribution >= 4 is 5.91 Å². The second kappa shape index (κ2) is 2.73. The summed E-state index contributed by atoms with van der Waals surface area (Å²) in [6.07, 6.45) is 6.10. The predicted octanol–water partition coefficient (Wildman–Crippen LogP) is 0.708. The first-order valence-corrected chi connectivity index (χ1v) is 4.75. The molecule has 1 saturated heterocycles. The van der Waals surface area contributed by atoms with Gasteiger partial charge in [0.05, 0.1) is 12.2 Å². The Morgan fingerprint density at radius 1 is 1.33 bits per heavy atom. The van der Waals surface area contributed by atoms with Gasteiger partial charge < -0.3 is 5.32 Å². The number of carbonyl (C=O) groups excluding carboxylic acids is 1. The van der Waals surface area contributed by atoms with Crippen LogP contribution in [0.25, 0.3) is 0 Å². The Kier molecular flexibility index (Phi) is 1.83. The quantitative estimate of drug-likeness (QED) is 0.577. The van der Waals surface area contributed by atoms with E-state index in [0.29, 0.717) is 6.54 Å². The molecule has 0 aromatic heterocycles. The fraction of sp³-hybridized carbons (Fsp3) is 0.889. The molecule has 68 valence electrons. The molecule has 0 unspecified atom stereocenters. The average Bonchev–Trinajstić information content (AvgIpc) is 2.29. The van der Waals surface area contributed by atoms with Gasteiger partial charge in [-0.25, -0.2) is 0 Å². The third kappa shape index (κ3) is 1.12. The van der Waals surface area contributed by atoms with Crippen molar-refractivity contribution in [3.05, 3.63) is 0 Å². The van der Waals surface area contributed by atoms with Gasteiger partial charge in [0.1, 0.15) is 0 Å². The maximum Gasteiger partial charge on any atom is 0.235 e. The summed E-state index contributed by atoms with van der Waals surface area (Å²) in [4.78, 5) is 13.3. The third-order valence-corrected chi connectivity index (χ3v) is 3.16. The van der Waals surface area contributed by atoms with E-state index in [2.05, 4.69) is 10.2 Å². The van der Waals surface area contributed by atoms with Gasteiger partial charge in [-0.15, -0.1) is 0 Å². The second-order valence-electron chi connectivity index (χ2n) is 4.00. The Morgan fingerprint density at radius 2 is 2.00 bits per heavy atom. The Labute approximate surface area is 73.1 Å². The van der Waals surface area contributed by atoms with E-state index in [1.807, 2.05) is 7.05 Å². The van der Waals surface area contributed by atoms with Gasteiger partial charge in [0, 0.05) is 0 Å². The number of nitrogens with zero attached hydrogens (tertiary/aromatic N) is 1. The Bertz CT molecular complexity index is 197. The van der Waals surface area contributed by atoms with E-state index < -0.39 is 0 Å². The summed E-state index contributed by atoms with van der Waals surface area (Å²) in [5.74, 6) is 0.194. The van der Waals surface area contributed by atoms with Crippen molar-refractivity contribution in [3.8, 4) is 0 Å². The number of hydrogen-bond acceptors (Lipinski definition) is 2. The van der Waals surface area contributed by atoms with Crippen LogP contribution < -0.4 is 5.32 Å². The van der Waals surface area contributed by atoms with E-state index in [4.69, 9.17) is 0 Å². The van der Waals surface area contributed by atoms with Crippen LogP contribution in [0.2, 0.25) is 0 Å². The van der Waals surface area contributed by atoms with E-state index in [1.165, 1.54) is 19.3 Å². The predicted molar refractivity (Wildman–Crippen MR) is 46.6 cm³/mol. The van der Waals surface area contributed by atoms with Gasteiger partial charge in [-0.3, -0.25) is 9.69 Å². The van der Waals surface area contributed by atoms with E-state index >= 15 is 0 Å². The molecule has 2 fully saturated rings. The first-order chi connectivity index (χ1) is 5.73. The topological polar surface area (TPSA) is 32.3 Å². The Balaban J connectivity index is 2.13. The van der Waals surface area contributed by atoms with Crippen LogP contribution in [0.3, 0.4) is 0 Å². The Morgan fingerprint density at radius 3 is 2.50 bits per heavy atom. The van der Waals surface area contributed by atoms with Gasteiger partial charge in [0.2, 0.25) is 5.91 Å². The SMILES string of the molecule is CN1CC(=O)NC12CCCCC2. The largest absolute Gasteiger partial charge is 0.337 e. The molecule has 0 aromatic carbocycles. The smallest absolute Gasteiger partial charge is 0.235 e. The highest BCUT2D eigenvalue weighted by Gasteiger charge is 2.42. The van der Waals surface area contributed by atoms with Crippen LogP contribution in [-0.2, 0) is 4.79 Å². The maximum atomic E-state index is 11.2. The number of nitrogens with one attached hydrogen (secondary N) is 1. The van der Waals surface area contributed by atoms with Crippen molar-refractivity contribution in [1.82, 2.24) is 10.2 Å². The van der Waals surface area contributed by atoms with Crippen LogP contribution in [0.5, 0.6) is 0 Å². The standard InChI is InChI=1S/C9H16N2O/c1-11-7-8(12)10-9(11)5-3-2-4-6-9/h2-7H2,1H3,(H,10,12). The Hall–Kier alpha value is -0.570. The summed E-state index contributed by atoms with van der Waals surface area (Å²) in [5.41, 5.74) is 0.0370. The molecule has 1 aliphatic heterocycles. The van der Waals surface area contributed by atoms with E-state index in [9.17, 15) is 4.79 Å². The molecule has 2 aliphatic rings. The molecule has 1 heterocycles. The van der Waals surface area contributed by atoms with Gasteiger partial charge in [-0.05, 0) is 32.7 Å². The zero-order valence-electron chi connectivity index (χ0n) is 7.60. The lowest BCUT2D eigenvalue weighted by atomic mass is 9.89. The summed E-state index contributed by atoms with van der Waals surface area (Å²) < 4.78 is 0. The number of hydrogen-bond donors (Lipinski definition) is 1. The summed E-state index contributed by atoms with van der Waals surface area (Å²) in [6.45, 7) is 0.583. The van der Waals surface area contributed by atoms with E-state index in [1.54, 1.807) is 0 Å².